The summed E-state index contributed by atoms with van der Waals surface area (Å²) < 4.78 is 27.2. The Labute approximate surface area is 118 Å². The van der Waals surface area contributed by atoms with Gasteiger partial charge in [-0.1, -0.05) is 17.7 Å². The fraction of sp³-hybridized carbons (Fsp3) is 0.143. The molecule has 0 unspecified atom stereocenters. The van der Waals surface area contributed by atoms with E-state index in [-0.39, 0.29) is 17.0 Å². The molecule has 104 valence electrons. The molecule has 0 saturated carbocycles. The minimum Gasteiger partial charge on any atom is -0.481 e. The first-order chi connectivity index (χ1) is 9.47. The third kappa shape index (κ3) is 3.30. The van der Waals surface area contributed by atoms with E-state index in [9.17, 15) is 13.6 Å². The van der Waals surface area contributed by atoms with Gasteiger partial charge in [0.1, 0.15) is 11.6 Å². The molecule has 0 spiro atoms. The average molecular weight is 298 g/mol. The first-order valence-electron chi connectivity index (χ1n) is 5.74. The van der Waals surface area contributed by atoms with Crippen LogP contribution in [0.3, 0.4) is 0 Å². The lowest BCUT2D eigenvalue weighted by Crippen LogP contribution is -2.10. The van der Waals surface area contributed by atoms with Crippen LogP contribution in [-0.2, 0) is 4.79 Å². The third-order valence-electron chi connectivity index (χ3n) is 2.85. The van der Waals surface area contributed by atoms with Gasteiger partial charge in [-0.05, 0) is 29.3 Å². The number of pyridine rings is 1. The molecular weight excluding hydrogens is 288 g/mol. The second kappa shape index (κ2) is 5.96. The first kappa shape index (κ1) is 14.4. The number of hydrogen-bond acceptors (Lipinski definition) is 2. The minimum absolute atomic E-state index is 0.143. The number of aliphatic carboxylic acids is 1. The van der Waals surface area contributed by atoms with Gasteiger partial charge in [-0.25, -0.2) is 8.78 Å². The van der Waals surface area contributed by atoms with Crippen LogP contribution in [0.15, 0.2) is 36.7 Å². The molecule has 0 fully saturated rings. The number of hydrogen-bond donors (Lipinski definition) is 1. The van der Waals surface area contributed by atoms with Gasteiger partial charge in [0.25, 0.3) is 0 Å². The lowest BCUT2D eigenvalue weighted by atomic mass is 9.89. The lowest BCUT2D eigenvalue weighted by molar-refractivity contribution is -0.137. The van der Waals surface area contributed by atoms with E-state index in [1.54, 1.807) is 0 Å². The largest absolute Gasteiger partial charge is 0.481 e. The van der Waals surface area contributed by atoms with Crippen molar-refractivity contribution in [3.63, 3.8) is 0 Å². The van der Waals surface area contributed by atoms with Crippen molar-refractivity contribution in [3.05, 3.63) is 64.4 Å². The summed E-state index contributed by atoms with van der Waals surface area (Å²) >= 11 is 5.67. The van der Waals surface area contributed by atoms with Crippen molar-refractivity contribution in [1.29, 1.82) is 0 Å². The van der Waals surface area contributed by atoms with Gasteiger partial charge in [0.05, 0.1) is 12.6 Å². The Hall–Kier alpha value is -2.01. The van der Waals surface area contributed by atoms with E-state index < -0.39 is 23.5 Å². The summed E-state index contributed by atoms with van der Waals surface area (Å²) in [6.07, 6.45) is 1.95. The van der Waals surface area contributed by atoms with Crippen LogP contribution in [0, 0.1) is 11.6 Å². The maximum absolute atomic E-state index is 13.9. The molecule has 1 heterocycles. The normalized spacial score (nSPS) is 12.2. The minimum atomic E-state index is -1.12. The predicted octanol–water partition coefficient (Wildman–Crippen LogP) is 3.62. The van der Waals surface area contributed by atoms with Crippen LogP contribution in [0.5, 0.6) is 0 Å². The molecule has 0 aliphatic rings. The fourth-order valence-electron chi connectivity index (χ4n) is 1.98. The van der Waals surface area contributed by atoms with E-state index >= 15 is 0 Å². The Morgan fingerprint density at radius 3 is 2.65 bits per heavy atom. The molecule has 20 heavy (non-hydrogen) atoms. The monoisotopic (exact) mass is 297 g/mol. The number of rotatable bonds is 4. The summed E-state index contributed by atoms with van der Waals surface area (Å²) in [4.78, 5) is 14.6. The zero-order valence-electron chi connectivity index (χ0n) is 10.2. The Kier molecular flexibility index (Phi) is 4.29. The van der Waals surface area contributed by atoms with E-state index in [0.717, 1.165) is 18.3 Å². The summed E-state index contributed by atoms with van der Waals surface area (Å²) in [7, 11) is 0. The summed E-state index contributed by atoms with van der Waals surface area (Å²) in [6.45, 7) is 0. The van der Waals surface area contributed by atoms with Crippen molar-refractivity contribution in [3.8, 4) is 0 Å². The maximum atomic E-state index is 13.9. The molecule has 1 aromatic heterocycles. The second-order valence-electron chi connectivity index (χ2n) is 4.25. The summed E-state index contributed by atoms with van der Waals surface area (Å²) in [5, 5.41) is 9.16. The van der Waals surface area contributed by atoms with E-state index in [0.29, 0.717) is 5.56 Å². The molecule has 2 rings (SSSR count). The Morgan fingerprint density at radius 1 is 1.30 bits per heavy atom. The van der Waals surface area contributed by atoms with Gasteiger partial charge in [-0.3, -0.25) is 9.78 Å². The molecule has 0 aliphatic heterocycles. The molecule has 6 heteroatoms. The smallest absolute Gasteiger partial charge is 0.304 e. The van der Waals surface area contributed by atoms with Gasteiger partial charge in [0.15, 0.2) is 0 Å². The number of aromatic nitrogens is 1. The van der Waals surface area contributed by atoms with Gasteiger partial charge in [-0.15, -0.1) is 0 Å². The number of carboxylic acid groups (broad SMARTS) is 1. The third-order valence-corrected chi connectivity index (χ3v) is 3.08. The van der Waals surface area contributed by atoms with Crippen LogP contribution >= 0.6 is 11.6 Å². The molecule has 0 aliphatic carbocycles. The van der Waals surface area contributed by atoms with E-state index in [2.05, 4.69) is 4.98 Å². The van der Waals surface area contributed by atoms with Crippen molar-refractivity contribution in [2.75, 3.05) is 0 Å². The zero-order chi connectivity index (χ0) is 14.7. The van der Waals surface area contributed by atoms with Gasteiger partial charge in [0, 0.05) is 17.1 Å². The SMILES string of the molecule is O=C(O)C[C@@H](c1cncc(F)c1)c1ccc(Cl)cc1F. The van der Waals surface area contributed by atoms with Crippen molar-refractivity contribution in [2.24, 2.45) is 0 Å². The first-order valence-corrected chi connectivity index (χ1v) is 6.12. The molecule has 1 N–H and O–H groups in total. The molecule has 1 aromatic carbocycles. The van der Waals surface area contributed by atoms with Crippen molar-refractivity contribution in [2.45, 2.75) is 12.3 Å². The quantitative estimate of drug-likeness (QED) is 0.937. The summed E-state index contributed by atoms with van der Waals surface area (Å²) in [6, 6.07) is 5.10. The fourth-order valence-corrected chi connectivity index (χ4v) is 2.14. The van der Waals surface area contributed by atoms with E-state index in [1.807, 2.05) is 0 Å². The van der Waals surface area contributed by atoms with Crippen molar-refractivity contribution >= 4 is 17.6 Å². The van der Waals surface area contributed by atoms with Gasteiger partial charge in [-0.2, -0.15) is 0 Å². The van der Waals surface area contributed by atoms with Crippen LogP contribution < -0.4 is 0 Å². The Bertz CT molecular complexity index is 649. The highest BCUT2D eigenvalue weighted by atomic mass is 35.5. The number of benzene rings is 1. The molecule has 0 bridgehead atoms. The molecule has 0 amide bonds. The molecule has 2 aromatic rings. The number of carboxylic acids is 1. The van der Waals surface area contributed by atoms with Crippen LogP contribution in [0.1, 0.15) is 23.5 Å². The molecule has 1 atom stereocenters. The highest BCUT2D eigenvalue weighted by molar-refractivity contribution is 6.30. The summed E-state index contributed by atoms with van der Waals surface area (Å²) in [5.74, 6) is -3.18. The maximum Gasteiger partial charge on any atom is 0.304 e. The van der Waals surface area contributed by atoms with E-state index in [1.165, 1.54) is 18.3 Å². The molecule has 0 saturated heterocycles. The van der Waals surface area contributed by atoms with Gasteiger partial charge in [0.2, 0.25) is 0 Å². The summed E-state index contributed by atoms with van der Waals surface area (Å²) in [5.41, 5.74) is 0.442. The molecule has 0 radical (unpaired) electrons. The van der Waals surface area contributed by atoms with Crippen LogP contribution in [0.25, 0.3) is 0 Å². The molecular formula is C14H10ClF2NO2. The number of halogens is 3. The topological polar surface area (TPSA) is 50.2 Å². The predicted molar refractivity (Wildman–Crippen MR) is 69.7 cm³/mol. The Balaban J connectivity index is 2.49. The standard InChI is InChI=1S/C14H10ClF2NO2/c15-9-1-2-11(13(17)4-9)12(5-14(19)20)8-3-10(16)7-18-6-8/h1-4,6-7,12H,5H2,(H,19,20)/t12-/m0/s1. The van der Waals surface area contributed by atoms with Gasteiger partial charge >= 0.3 is 5.97 Å². The highest BCUT2D eigenvalue weighted by Gasteiger charge is 2.22. The van der Waals surface area contributed by atoms with Crippen molar-refractivity contribution in [1.82, 2.24) is 4.98 Å². The van der Waals surface area contributed by atoms with Crippen LogP contribution in [0.4, 0.5) is 8.78 Å². The molecule has 3 nitrogen and oxygen atoms in total. The lowest BCUT2D eigenvalue weighted by Gasteiger charge is -2.16. The zero-order valence-corrected chi connectivity index (χ0v) is 10.9. The van der Waals surface area contributed by atoms with Crippen LogP contribution in [0.2, 0.25) is 5.02 Å². The number of nitrogens with zero attached hydrogens (tertiary/aromatic N) is 1. The van der Waals surface area contributed by atoms with Crippen LogP contribution in [-0.4, -0.2) is 16.1 Å². The Morgan fingerprint density at radius 2 is 2.05 bits per heavy atom. The van der Waals surface area contributed by atoms with Crippen molar-refractivity contribution < 1.29 is 18.7 Å². The second-order valence-corrected chi connectivity index (χ2v) is 4.69. The van der Waals surface area contributed by atoms with Gasteiger partial charge < -0.3 is 5.11 Å². The number of carbonyl (C=O) groups is 1. The van der Waals surface area contributed by atoms with E-state index in [4.69, 9.17) is 16.7 Å². The highest BCUT2D eigenvalue weighted by Crippen LogP contribution is 2.31. The average Bonchev–Trinajstić information content (AvgIpc) is 2.36.